The van der Waals surface area contributed by atoms with Gasteiger partial charge < -0.3 is 4.74 Å². The molecule has 0 aliphatic carbocycles. The van der Waals surface area contributed by atoms with Crippen LogP contribution in [0, 0.1) is 10.1 Å². The normalized spacial score (nSPS) is 13.1. The van der Waals surface area contributed by atoms with Crippen molar-refractivity contribution in [2.45, 2.75) is 6.92 Å². The zero-order valence-electron chi connectivity index (χ0n) is 10.7. The summed E-state index contributed by atoms with van der Waals surface area (Å²) in [6.07, 6.45) is 1.17. The number of hydrogen-bond acceptors (Lipinski definition) is 6. The second kappa shape index (κ2) is 5.70. The summed E-state index contributed by atoms with van der Waals surface area (Å²) in [6, 6.07) is 3.23. The minimum Gasteiger partial charge on any atom is -0.427 e. The van der Waals surface area contributed by atoms with Gasteiger partial charge in [0, 0.05) is 35.0 Å². The molecule has 0 aliphatic heterocycles. The highest BCUT2D eigenvalue weighted by Gasteiger charge is 2.22. The van der Waals surface area contributed by atoms with E-state index < -0.39 is 32.2 Å². The number of amides is 1. The molecule has 0 spiro atoms. The van der Waals surface area contributed by atoms with E-state index >= 15 is 0 Å². The number of rotatable bonds is 4. The van der Waals surface area contributed by atoms with Crippen LogP contribution in [0.5, 0.6) is 5.75 Å². The van der Waals surface area contributed by atoms with E-state index in [0.29, 0.717) is 0 Å². The Bertz CT molecular complexity index is 680. The van der Waals surface area contributed by atoms with Gasteiger partial charge in [0.25, 0.3) is 11.6 Å². The van der Waals surface area contributed by atoms with Gasteiger partial charge in [-0.2, -0.15) is 0 Å². The number of carbonyl (C=O) groups is 2. The van der Waals surface area contributed by atoms with Gasteiger partial charge in [-0.1, -0.05) is 0 Å². The molecule has 1 rings (SSSR count). The minimum atomic E-state index is -2.88. The molecule has 1 aromatic rings. The smallest absolute Gasteiger partial charge is 0.308 e. The van der Waals surface area contributed by atoms with E-state index in [1.807, 2.05) is 4.72 Å². The first-order valence-electron chi connectivity index (χ1n) is 5.21. The first-order chi connectivity index (χ1) is 9.10. The van der Waals surface area contributed by atoms with E-state index in [-0.39, 0.29) is 11.3 Å². The molecule has 0 aromatic heterocycles. The van der Waals surface area contributed by atoms with Gasteiger partial charge in [-0.25, -0.2) is 4.21 Å². The molecular weight excluding hydrogens is 288 g/mol. The number of nitro benzene ring substituents is 1. The fourth-order valence-corrected chi connectivity index (χ4v) is 1.84. The Morgan fingerprint density at radius 1 is 1.45 bits per heavy atom. The predicted octanol–water partition coefficient (Wildman–Crippen LogP) is 0.511. The Hall–Kier alpha value is -2.42. The van der Waals surface area contributed by atoms with Crippen LogP contribution in [0.3, 0.4) is 0 Å². The van der Waals surface area contributed by atoms with Gasteiger partial charge in [-0.15, -0.1) is 0 Å². The molecule has 0 bridgehead atoms. The van der Waals surface area contributed by atoms with Crippen LogP contribution in [-0.2, 0) is 14.5 Å². The minimum absolute atomic E-state index is 0.0279. The van der Waals surface area contributed by atoms with Crippen LogP contribution in [0.25, 0.3) is 0 Å². The van der Waals surface area contributed by atoms with E-state index in [0.717, 1.165) is 19.1 Å². The average Bonchev–Trinajstić information content (AvgIpc) is 2.25. The van der Waals surface area contributed by atoms with Crippen molar-refractivity contribution in [2.24, 2.45) is 0 Å². The molecule has 1 aromatic carbocycles. The third-order valence-corrected chi connectivity index (χ3v) is 2.60. The Morgan fingerprint density at radius 2 is 2.05 bits per heavy atom. The lowest BCUT2D eigenvalue weighted by Crippen LogP contribution is -2.29. The highest BCUT2D eigenvalue weighted by Crippen LogP contribution is 2.24. The van der Waals surface area contributed by atoms with Crippen LogP contribution < -0.4 is 9.46 Å². The number of esters is 1. The van der Waals surface area contributed by atoms with Crippen LogP contribution in [0.1, 0.15) is 17.3 Å². The van der Waals surface area contributed by atoms with Crippen LogP contribution >= 0.6 is 0 Å². The third-order valence-electron chi connectivity index (χ3n) is 1.98. The molecule has 0 saturated heterocycles. The quantitative estimate of drug-likeness (QED) is 0.285. The van der Waals surface area contributed by atoms with Crippen molar-refractivity contribution in [1.82, 2.24) is 4.72 Å². The predicted molar refractivity (Wildman–Crippen MR) is 73.1 cm³/mol. The SMILES string of the molecule is C=S(C)(=O)NC(=O)c1cc(OC(C)=O)ccc1[N+](=O)[O-]. The summed E-state index contributed by atoms with van der Waals surface area (Å²) in [5.74, 6) is 1.62. The molecule has 108 valence electrons. The summed E-state index contributed by atoms with van der Waals surface area (Å²) >= 11 is 0. The first-order valence-corrected chi connectivity index (χ1v) is 7.35. The van der Waals surface area contributed by atoms with E-state index in [9.17, 15) is 23.9 Å². The summed E-state index contributed by atoms with van der Waals surface area (Å²) in [6.45, 7) is 1.15. The summed E-state index contributed by atoms with van der Waals surface area (Å²) < 4.78 is 18.2. The molecule has 20 heavy (non-hydrogen) atoms. The largest absolute Gasteiger partial charge is 0.427 e. The fourth-order valence-electron chi connectivity index (χ4n) is 1.34. The molecule has 0 fully saturated rings. The second-order valence-corrected chi connectivity index (χ2v) is 6.18. The zero-order chi connectivity index (χ0) is 15.5. The Morgan fingerprint density at radius 3 is 2.50 bits per heavy atom. The number of nitro groups is 1. The first kappa shape index (κ1) is 15.6. The Kier molecular flexibility index (Phi) is 4.45. The van der Waals surface area contributed by atoms with Crippen molar-refractivity contribution in [1.29, 1.82) is 0 Å². The molecule has 1 atom stereocenters. The summed E-state index contributed by atoms with van der Waals surface area (Å²) in [4.78, 5) is 32.8. The average molecular weight is 300 g/mol. The number of carbonyl (C=O) groups excluding carboxylic acids is 2. The molecular formula is C11H12N2O6S. The molecule has 1 amide bonds. The highest BCUT2D eigenvalue weighted by atomic mass is 32.2. The maximum atomic E-state index is 11.8. The molecule has 0 radical (unpaired) electrons. The lowest BCUT2D eigenvalue weighted by Gasteiger charge is -2.08. The van der Waals surface area contributed by atoms with Gasteiger partial charge in [-0.05, 0) is 11.9 Å². The van der Waals surface area contributed by atoms with Gasteiger partial charge in [0.2, 0.25) is 0 Å². The topological polar surface area (TPSA) is 116 Å². The van der Waals surface area contributed by atoms with Gasteiger partial charge in [0.15, 0.2) is 0 Å². The summed E-state index contributed by atoms with van der Waals surface area (Å²) in [5.41, 5.74) is -0.867. The number of ether oxygens (including phenoxy) is 1. The maximum Gasteiger partial charge on any atom is 0.308 e. The van der Waals surface area contributed by atoms with E-state index in [4.69, 9.17) is 4.74 Å². The van der Waals surface area contributed by atoms with Crippen molar-refractivity contribution in [3.8, 4) is 5.75 Å². The van der Waals surface area contributed by atoms with Crippen molar-refractivity contribution < 1.29 is 23.5 Å². The van der Waals surface area contributed by atoms with Gasteiger partial charge in [0.05, 0.1) is 4.92 Å². The zero-order valence-corrected chi connectivity index (χ0v) is 11.6. The summed E-state index contributed by atoms with van der Waals surface area (Å²) in [5, 5.41) is 10.9. The van der Waals surface area contributed by atoms with Crippen molar-refractivity contribution in [3.63, 3.8) is 0 Å². The standard InChI is InChI=1S/C11H12N2O6S/c1-7(14)19-8-4-5-10(13(16)17)9(6-8)11(15)12-20(2,3)18/h4-6H,2H2,1,3H3,(H,12,15,18). The third kappa shape index (κ3) is 4.35. The lowest BCUT2D eigenvalue weighted by molar-refractivity contribution is -0.385. The summed E-state index contributed by atoms with van der Waals surface area (Å²) in [7, 11) is -2.88. The van der Waals surface area contributed by atoms with Crippen molar-refractivity contribution in [2.75, 3.05) is 6.26 Å². The van der Waals surface area contributed by atoms with E-state index in [1.165, 1.54) is 12.3 Å². The van der Waals surface area contributed by atoms with Crippen LogP contribution in [0.15, 0.2) is 18.2 Å². The lowest BCUT2D eigenvalue weighted by atomic mass is 10.1. The molecule has 8 nitrogen and oxygen atoms in total. The van der Waals surface area contributed by atoms with Gasteiger partial charge in [0.1, 0.15) is 11.3 Å². The van der Waals surface area contributed by atoms with Gasteiger partial charge in [-0.3, -0.25) is 24.4 Å². The molecule has 0 saturated carbocycles. The number of hydrogen-bond donors (Lipinski definition) is 1. The molecule has 9 heteroatoms. The number of nitrogens with zero attached hydrogens (tertiary/aromatic N) is 1. The maximum absolute atomic E-state index is 11.8. The fraction of sp³-hybridized carbons (Fsp3) is 0.182. The van der Waals surface area contributed by atoms with Crippen molar-refractivity contribution >= 4 is 33.1 Å². The molecule has 0 aliphatic rings. The van der Waals surface area contributed by atoms with Crippen LogP contribution in [0.4, 0.5) is 5.69 Å². The van der Waals surface area contributed by atoms with Gasteiger partial charge >= 0.3 is 5.97 Å². The van der Waals surface area contributed by atoms with E-state index in [2.05, 4.69) is 5.87 Å². The van der Waals surface area contributed by atoms with Crippen molar-refractivity contribution in [3.05, 3.63) is 33.9 Å². The highest BCUT2D eigenvalue weighted by molar-refractivity contribution is 7.98. The van der Waals surface area contributed by atoms with Crippen LogP contribution in [-0.4, -0.2) is 33.1 Å². The Balaban J connectivity index is 3.28. The number of nitrogens with one attached hydrogen (secondary N) is 1. The van der Waals surface area contributed by atoms with Crippen LogP contribution in [0.2, 0.25) is 0 Å². The molecule has 1 N–H and O–H groups in total. The Labute approximate surface area is 115 Å². The number of benzene rings is 1. The molecule has 0 heterocycles. The molecule has 1 unspecified atom stereocenters. The second-order valence-electron chi connectivity index (χ2n) is 3.97. The van der Waals surface area contributed by atoms with E-state index in [1.54, 1.807) is 0 Å². The monoisotopic (exact) mass is 300 g/mol.